The van der Waals surface area contributed by atoms with Crippen molar-refractivity contribution in [1.82, 2.24) is 9.80 Å². The Hall–Kier alpha value is -1.92. The molecule has 4 rings (SSSR count). The monoisotopic (exact) mass is 372 g/mol. The van der Waals surface area contributed by atoms with Gasteiger partial charge in [-0.05, 0) is 48.8 Å². The third kappa shape index (κ3) is 3.48. The molecule has 2 bridgehead atoms. The first kappa shape index (κ1) is 18.4. The minimum atomic E-state index is -0.318. The van der Waals surface area contributed by atoms with Gasteiger partial charge in [0.1, 0.15) is 0 Å². The summed E-state index contributed by atoms with van der Waals surface area (Å²) in [7, 11) is 1.39. The molecule has 0 aromatic heterocycles. The fourth-order valence-corrected chi connectivity index (χ4v) is 5.36. The van der Waals surface area contributed by atoms with Crippen LogP contribution in [0.4, 0.5) is 0 Å². The van der Waals surface area contributed by atoms with E-state index in [1.807, 2.05) is 29.2 Å². The van der Waals surface area contributed by atoms with Gasteiger partial charge in [-0.1, -0.05) is 12.1 Å². The van der Waals surface area contributed by atoms with Gasteiger partial charge in [0.05, 0.1) is 25.3 Å². The summed E-state index contributed by atoms with van der Waals surface area (Å²) in [6, 6.07) is 7.83. The van der Waals surface area contributed by atoms with Crippen molar-refractivity contribution in [2.24, 2.45) is 11.8 Å². The van der Waals surface area contributed by atoms with Crippen LogP contribution in [0.3, 0.4) is 0 Å². The maximum Gasteiger partial charge on any atom is 0.337 e. The summed E-state index contributed by atoms with van der Waals surface area (Å²) in [5, 5.41) is 9.99. The van der Waals surface area contributed by atoms with Crippen molar-refractivity contribution >= 4 is 11.9 Å². The maximum absolute atomic E-state index is 12.5. The fraction of sp³-hybridized carbons (Fsp3) is 0.619. The Morgan fingerprint density at radius 3 is 2.67 bits per heavy atom. The van der Waals surface area contributed by atoms with E-state index in [-0.39, 0.29) is 30.6 Å². The number of carbonyl (C=O) groups is 2. The van der Waals surface area contributed by atoms with Gasteiger partial charge >= 0.3 is 5.97 Å². The summed E-state index contributed by atoms with van der Waals surface area (Å²) in [6.07, 6.45) is 3.76. The molecule has 3 aliphatic rings. The molecular weight excluding hydrogens is 344 g/mol. The molecule has 3 heterocycles. The van der Waals surface area contributed by atoms with E-state index in [0.717, 1.165) is 38.9 Å². The standard InChI is InChI=1S/C21H28N2O4/c1-27-21(26)15-7-5-14(6-8-15)10-22-11-16-9-17(12-22)19(13-24)23-18(16)3-2-4-20(23)25/h5-8,16-19,24H,2-4,9-13H2,1H3/t16-,17+,18+,19+/m1/s1. The fourth-order valence-electron chi connectivity index (χ4n) is 5.36. The lowest BCUT2D eigenvalue weighted by Gasteiger charge is -2.56. The highest BCUT2D eigenvalue weighted by Gasteiger charge is 2.48. The van der Waals surface area contributed by atoms with Crippen LogP contribution in [-0.4, -0.2) is 65.7 Å². The van der Waals surface area contributed by atoms with Crippen molar-refractivity contribution < 1.29 is 19.4 Å². The number of rotatable bonds is 4. The highest BCUT2D eigenvalue weighted by molar-refractivity contribution is 5.89. The Kier molecular flexibility index (Phi) is 5.19. The van der Waals surface area contributed by atoms with E-state index in [1.165, 1.54) is 12.7 Å². The van der Waals surface area contributed by atoms with Crippen molar-refractivity contribution in [3.8, 4) is 0 Å². The van der Waals surface area contributed by atoms with Gasteiger partial charge in [-0.2, -0.15) is 0 Å². The Labute approximate surface area is 160 Å². The molecule has 1 aromatic rings. The molecule has 3 fully saturated rings. The lowest BCUT2D eigenvalue weighted by atomic mass is 9.72. The molecule has 3 aliphatic heterocycles. The van der Waals surface area contributed by atoms with E-state index in [4.69, 9.17) is 4.74 Å². The second-order valence-electron chi connectivity index (χ2n) is 8.15. The van der Waals surface area contributed by atoms with Crippen molar-refractivity contribution in [2.45, 2.75) is 44.3 Å². The van der Waals surface area contributed by atoms with Crippen LogP contribution < -0.4 is 0 Å². The zero-order chi connectivity index (χ0) is 19.0. The molecule has 146 valence electrons. The number of esters is 1. The van der Waals surface area contributed by atoms with E-state index in [2.05, 4.69) is 4.90 Å². The number of amides is 1. The number of likely N-dealkylation sites (tertiary alicyclic amines) is 1. The van der Waals surface area contributed by atoms with Gasteiger partial charge in [-0.3, -0.25) is 9.69 Å². The zero-order valence-corrected chi connectivity index (χ0v) is 15.8. The van der Waals surface area contributed by atoms with Crippen LogP contribution in [-0.2, 0) is 16.1 Å². The molecule has 0 radical (unpaired) electrons. The molecule has 0 unspecified atom stereocenters. The van der Waals surface area contributed by atoms with Crippen LogP contribution in [0.5, 0.6) is 0 Å². The van der Waals surface area contributed by atoms with Gasteiger partial charge in [0.15, 0.2) is 0 Å². The van der Waals surface area contributed by atoms with Crippen molar-refractivity contribution in [1.29, 1.82) is 0 Å². The minimum Gasteiger partial charge on any atom is -0.465 e. The SMILES string of the molecule is COC(=O)c1ccc(CN2C[C@H]3C[C@@H](C2)[C@H](CO)N2C(=O)CCC[C@@H]32)cc1. The number of aliphatic hydroxyl groups is 1. The number of ether oxygens (including phenoxy) is 1. The van der Waals surface area contributed by atoms with E-state index >= 15 is 0 Å². The van der Waals surface area contributed by atoms with Crippen LogP contribution >= 0.6 is 0 Å². The summed E-state index contributed by atoms with van der Waals surface area (Å²) in [6.45, 7) is 2.77. The van der Waals surface area contributed by atoms with Crippen molar-refractivity contribution in [2.75, 3.05) is 26.8 Å². The Morgan fingerprint density at radius 2 is 1.96 bits per heavy atom. The van der Waals surface area contributed by atoms with Crippen molar-refractivity contribution in [3.63, 3.8) is 0 Å². The largest absolute Gasteiger partial charge is 0.465 e. The normalized spacial score (nSPS) is 30.7. The van der Waals surface area contributed by atoms with E-state index in [0.29, 0.717) is 23.8 Å². The molecule has 1 aromatic carbocycles. The third-order valence-electron chi connectivity index (χ3n) is 6.54. The summed E-state index contributed by atoms with van der Waals surface area (Å²) in [4.78, 5) is 28.5. The lowest BCUT2D eigenvalue weighted by Crippen LogP contribution is -2.65. The minimum absolute atomic E-state index is 0.0384. The Bertz CT molecular complexity index is 691. The van der Waals surface area contributed by atoms with E-state index in [9.17, 15) is 14.7 Å². The first-order valence-corrected chi connectivity index (χ1v) is 9.92. The Morgan fingerprint density at radius 1 is 1.22 bits per heavy atom. The molecule has 0 aliphatic carbocycles. The number of hydrogen-bond acceptors (Lipinski definition) is 5. The number of benzene rings is 1. The zero-order valence-electron chi connectivity index (χ0n) is 15.8. The molecule has 4 atom stereocenters. The summed E-state index contributed by atoms with van der Waals surface area (Å²) >= 11 is 0. The molecule has 0 spiro atoms. The molecule has 3 saturated heterocycles. The van der Waals surface area contributed by atoms with Crippen molar-refractivity contribution in [3.05, 3.63) is 35.4 Å². The Balaban J connectivity index is 1.47. The van der Waals surface area contributed by atoms with Gasteiger partial charge in [0.2, 0.25) is 5.91 Å². The average Bonchev–Trinajstić information content (AvgIpc) is 2.69. The van der Waals surface area contributed by atoms with Gasteiger partial charge in [0.25, 0.3) is 0 Å². The molecule has 6 heteroatoms. The number of hydrogen-bond donors (Lipinski definition) is 1. The van der Waals surface area contributed by atoms with Gasteiger partial charge in [-0.25, -0.2) is 4.79 Å². The van der Waals surface area contributed by atoms with Gasteiger partial charge in [-0.15, -0.1) is 0 Å². The van der Waals surface area contributed by atoms with E-state index < -0.39 is 0 Å². The summed E-state index contributed by atoms with van der Waals surface area (Å²) in [5.74, 6) is 0.736. The van der Waals surface area contributed by atoms with Gasteiger partial charge < -0.3 is 14.7 Å². The highest BCUT2D eigenvalue weighted by atomic mass is 16.5. The van der Waals surface area contributed by atoms with Crippen LogP contribution in [0, 0.1) is 11.8 Å². The first-order valence-electron chi connectivity index (χ1n) is 9.92. The topological polar surface area (TPSA) is 70.1 Å². The highest BCUT2D eigenvalue weighted by Crippen LogP contribution is 2.41. The quantitative estimate of drug-likeness (QED) is 0.814. The first-order chi connectivity index (χ1) is 13.1. The molecule has 1 N–H and O–H groups in total. The predicted molar refractivity (Wildman–Crippen MR) is 100 cm³/mol. The molecule has 27 heavy (non-hydrogen) atoms. The number of fused-ring (bicyclic) bond motifs is 4. The van der Waals surface area contributed by atoms with Gasteiger partial charge in [0, 0.05) is 32.1 Å². The third-order valence-corrected chi connectivity index (χ3v) is 6.54. The van der Waals surface area contributed by atoms with E-state index in [1.54, 1.807) is 0 Å². The molecule has 1 amide bonds. The predicted octanol–water partition coefficient (Wildman–Crippen LogP) is 1.67. The maximum atomic E-state index is 12.5. The summed E-state index contributed by atoms with van der Waals surface area (Å²) in [5.41, 5.74) is 1.73. The smallest absolute Gasteiger partial charge is 0.337 e. The number of aliphatic hydroxyl groups excluding tert-OH is 1. The van der Waals surface area contributed by atoms with Crippen LogP contribution in [0.15, 0.2) is 24.3 Å². The van der Waals surface area contributed by atoms with Crippen LogP contribution in [0.2, 0.25) is 0 Å². The molecule has 0 saturated carbocycles. The number of methoxy groups -OCH3 is 1. The van der Waals surface area contributed by atoms with Crippen LogP contribution in [0.1, 0.15) is 41.6 Å². The number of nitrogens with zero attached hydrogens (tertiary/aromatic N) is 2. The number of piperidine rings is 3. The molecular formula is C21H28N2O4. The lowest BCUT2D eigenvalue weighted by molar-refractivity contribution is -0.155. The molecule has 6 nitrogen and oxygen atoms in total. The number of carbonyl (C=O) groups excluding carboxylic acids is 2. The second-order valence-corrected chi connectivity index (χ2v) is 8.15. The average molecular weight is 372 g/mol. The second kappa shape index (κ2) is 7.60. The van der Waals surface area contributed by atoms with Crippen LogP contribution in [0.25, 0.3) is 0 Å². The summed E-state index contributed by atoms with van der Waals surface area (Å²) < 4.78 is 4.75.